The van der Waals surface area contributed by atoms with Gasteiger partial charge in [0.1, 0.15) is 0 Å². The molecule has 2 heterocycles. The number of H-pyrrole nitrogens is 1. The van der Waals surface area contributed by atoms with Crippen LogP contribution in [0.25, 0.3) is 0 Å². The van der Waals surface area contributed by atoms with E-state index in [1.54, 1.807) is 12.4 Å². The molecule has 0 unspecified atom stereocenters. The molecule has 108 valence electrons. The number of nitrogens with zero attached hydrogens (tertiary/aromatic N) is 3. The molecule has 2 rings (SSSR count). The molecule has 2 aromatic rings. The number of carbonyl (C=O) groups excluding carboxylic acids is 1. The van der Waals surface area contributed by atoms with E-state index in [1.807, 2.05) is 20.8 Å². The molecular formula is C13H19N5O2. The van der Waals surface area contributed by atoms with E-state index < -0.39 is 0 Å². The van der Waals surface area contributed by atoms with Gasteiger partial charge in [-0.1, -0.05) is 25.9 Å². The first-order valence-corrected chi connectivity index (χ1v) is 6.52. The molecule has 0 aliphatic heterocycles. The van der Waals surface area contributed by atoms with Crippen LogP contribution >= 0.6 is 0 Å². The molecule has 2 N–H and O–H groups in total. The van der Waals surface area contributed by atoms with E-state index in [4.69, 9.17) is 4.52 Å². The molecule has 2 aromatic heterocycles. The number of aromatic amines is 1. The number of carbonyl (C=O) groups is 1. The lowest BCUT2D eigenvalue weighted by molar-refractivity contribution is -0.121. The molecule has 0 fully saturated rings. The number of amides is 1. The summed E-state index contributed by atoms with van der Waals surface area (Å²) in [6.07, 6.45) is 4.54. The summed E-state index contributed by atoms with van der Waals surface area (Å²) in [7, 11) is 0. The van der Waals surface area contributed by atoms with Crippen LogP contribution in [-0.4, -0.2) is 26.2 Å². The third-order valence-corrected chi connectivity index (χ3v) is 2.77. The monoisotopic (exact) mass is 277 g/mol. The van der Waals surface area contributed by atoms with Gasteiger partial charge < -0.3 is 9.84 Å². The lowest BCUT2D eigenvalue weighted by atomic mass is 9.96. The van der Waals surface area contributed by atoms with E-state index in [0.717, 1.165) is 5.56 Å². The average Bonchev–Trinajstić information content (AvgIpc) is 3.04. The smallest absolute Gasteiger partial charge is 0.246 e. The van der Waals surface area contributed by atoms with E-state index in [1.165, 1.54) is 0 Å². The van der Waals surface area contributed by atoms with Crippen molar-refractivity contribution in [3.8, 4) is 0 Å². The van der Waals surface area contributed by atoms with Crippen LogP contribution in [-0.2, 0) is 23.2 Å². The van der Waals surface area contributed by atoms with E-state index in [2.05, 4.69) is 25.7 Å². The highest BCUT2D eigenvalue weighted by Crippen LogP contribution is 2.18. The van der Waals surface area contributed by atoms with Gasteiger partial charge in [0, 0.05) is 18.0 Å². The van der Waals surface area contributed by atoms with E-state index in [-0.39, 0.29) is 17.9 Å². The molecule has 0 spiro atoms. The van der Waals surface area contributed by atoms with Crippen LogP contribution in [0.3, 0.4) is 0 Å². The summed E-state index contributed by atoms with van der Waals surface area (Å²) in [6, 6.07) is 0. The van der Waals surface area contributed by atoms with Gasteiger partial charge in [-0.2, -0.15) is 10.1 Å². The molecule has 1 amide bonds. The summed E-state index contributed by atoms with van der Waals surface area (Å²) in [6.45, 7) is 6.27. The zero-order valence-electron chi connectivity index (χ0n) is 11.9. The minimum Gasteiger partial charge on any atom is -0.347 e. The second kappa shape index (κ2) is 5.85. The fraction of sp³-hybridized carbons (Fsp3) is 0.538. The number of nitrogens with one attached hydrogen (secondary N) is 2. The van der Waals surface area contributed by atoms with Gasteiger partial charge in [0.25, 0.3) is 0 Å². The van der Waals surface area contributed by atoms with Crippen molar-refractivity contribution >= 4 is 5.91 Å². The van der Waals surface area contributed by atoms with Crippen molar-refractivity contribution in [1.82, 2.24) is 25.7 Å². The molecule has 7 heteroatoms. The highest BCUT2D eigenvalue weighted by molar-refractivity contribution is 5.75. The lowest BCUT2D eigenvalue weighted by Crippen LogP contribution is -2.23. The second-order valence-corrected chi connectivity index (χ2v) is 5.65. The molecule has 0 aliphatic carbocycles. The SMILES string of the molecule is CC(C)(C)c1noc(CNC(=O)CCc2cn[nH]c2)n1. The van der Waals surface area contributed by atoms with Crippen molar-refractivity contribution in [3.05, 3.63) is 29.7 Å². The third-order valence-electron chi connectivity index (χ3n) is 2.77. The standard InChI is InChI=1S/C13H19N5O2/c1-13(2,3)12-17-11(20-18-12)8-14-10(19)5-4-9-6-15-16-7-9/h6-7H,4-5,8H2,1-3H3,(H,14,19)(H,15,16). The Morgan fingerprint density at radius 1 is 1.45 bits per heavy atom. The van der Waals surface area contributed by atoms with Crippen LogP contribution in [0.1, 0.15) is 44.5 Å². The fourth-order valence-electron chi connectivity index (χ4n) is 1.57. The molecule has 0 bridgehead atoms. The third kappa shape index (κ3) is 3.91. The van der Waals surface area contributed by atoms with Crippen molar-refractivity contribution in [2.75, 3.05) is 0 Å². The predicted molar refractivity (Wildman–Crippen MR) is 71.8 cm³/mol. The number of hydrogen-bond acceptors (Lipinski definition) is 5. The zero-order chi connectivity index (χ0) is 14.6. The molecule has 7 nitrogen and oxygen atoms in total. The molecule has 0 aromatic carbocycles. The maximum atomic E-state index is 11.7. The Bertz CT molecular complexity index is 554. The van der Waals surface area contributed by atoms with Gasteiger partial charge in [0.2, 0.25) is 11.8 Å². The van der Waals surface area contributed by atoms with Gasteiger partial charge in [-0.15, -0.1) is 0 Å². The van der Waals surface area contributed by atoms with Crippen molar-refractivity contribution < 1.29 is 9.32 Å². The van der Waals surface area contributed by atoms with Gasteiger partial charge in [0.05, 0.1) is 12.7 Å². The Morgan fingerprint density at radius 3 is 2.85 bits per heavy atom. The van der Waals surface area contributed by atoms with Crippen LogP contribution < -0.4 is 5.32 Å². The number of aryl methyl sites for hydroxylation is 1. The highest BCUT2D eigenvalue weighted by Gasteiger charge is 2.20. The Morgan fingerprint density at radius 2 is 2.25 bits per heavy atom. The second-order valence-electron chi connectivity index (χ2n) is 5.65. The van der Waals surface area contributed by atoms with Crippen molar-refractivity contribution in [3.63, 3.8) is 0 Å². The van der Waals surface area contributed by atoms with Gasteiger partial charge in [-0.3, -0.25) is 9.89 Å². The highest BCUT2D eigenvalue weighted by atomic mass is 16.5. The summed E-state index contributed by atoms with van der Waals surface area (Å²) < 4.78 is 5.10. The van der Waals surface area contributed by atoms with Crippen LogP contribution in [0.4, 0.5) is 0 Å². The molecular weight excluding hydrogens is 258 g/mol. The topological polar surface area (TPSA) is 96.7 Å². The fourth-order valence-corrected chi connectivity index (χ4v) is 1.57. The maximum Gasteiger partial charge on any atom is 0.246 e. The first-order valence-electron chi connectivity index (χ1n) is 6.52. The largest absolute Gasteiger partial charge is 0.347 e. The Labute approximate surface area is 117 Å². The Kier molecular flexibility index (Phi) is 4.16. The number of aromatic nitrogens is 4. The van der Waals surface area contributed by atoms with Gasteiger partial charge in [0.15, 0.2) is 5.82 Å². The van der Waals surface area contributed by atoms with Crippen LogP contribution in [0.15, 0.2) is 16.9 Å². The minimum atomic E-state index is -0.160. The Balaban J connectivity index is 1.77. The van der Waals surface area contributed by atoms with E-state index in [0.29, 0.717) is 24.6 Å². The number of rotatable bonds is 5. The van der Waals surface area contributed by atoms with Crippen molar-refractivity contribution in [1.29, 1.82) is 0 Å². The molecule has 0 saturated heterocycles. The first kappa shape index (κ1) is 14.2. The normalized spacial score (nSPS) is 11.6. The summed E-state index contributed by atoms with van der Waals surface area (Å²) in [5.74, 6) is 1.01. The van der Waals surface area contributed by atoms with Crippen molar-refractivity contribution in [2.45, 2.75) is 45.6 Å². The number of hydrogen-bond donors (Lipinski definition) is 2. The summed E-state index contributed by atoms with van der Waals surface area (Å²) >= 11 is 0. The molecule has 0 atom stereocenters. The summed E-state index contributed by atoms with van der Waals surface area (Å²) in [5.41, 5.74) is 0.848. The molecule has 0 saturated carbocycles. The Hall–Kier alpha value is -2.18. The zero-order valence-corrected chi connectivity index (χ0v) is 11.9. The minimum absolute atomic E-state index is 0.0540. The molecule has 0 radical (unpaired) electrons. The lowest BCUT2D eigenvalue weighted by Gasteiger charge is -2.10. The van der Waals surface area contributed by atoms with Crippen molar-refractivity contribution in [2.24, 2.45) is 0 Å². The predicted octanol–water partition coefficient (Wildman–Crippen LogP) is 1.34. The molecule has 0 aliphatic rings. The molecule has 20 heavy (non-hydrogen) atoms. The van der Waals surface area contributed by atoms with Crippen LogP contribution in [0, 0.1) is 0 Å². The maximum absolute atomic E-state index is 11.7. The van der Waals surface area contributed by atoms with Gasteiger partial charge >= 0.3 is 0 Å². The summed E-state index contributed by atoms with van der Waals surface area (Å²) in [5, 5.41) is 13.2. The quantitative estimate of drug-likeness (QED) is 0.859. The average molecular weight is 277 g/mol. The first-order chi connectivity index (χ1) is 9.45. The van der Waals surface area contributed by atoms with Gasteiger partial charge in [-0.05, 0) is 12.0 Å². The van der Waals surface area contributed by atoms with Gasteiger partial charge in [-0.25, -0.2) is 0 Å². The van der Waals surface area contributed by atoms with E-state index >= 15 is 0 Å². The van der Waals surface area contributed by atoms with Crippen LogP contribution in [0.2, 0.25) is 0 Å². The van der Waals surface area contributed by atoms with E-state index in [9.17, 15) is 4.79 Å². The van der Waals surface area contributed by atoms with Crippen LogP contribution in [0.5, 0.6) is 0 Å². The summed E-state index contributed by atoms with van der Waals surface area (Å²) in [4.78, 5) is 15.9.